The number of carboxylic acid groups (broad SMARTS) is 1. The first-order valence-corrected chi connectivity index (χ1v) is 15.2. The highest BCUT2D eigenvalue weighted by Crippen LogP contribution is 2.40. The van der Waals surface area contributed by atoms with Crippen molar-refractivity contribution in [3.63, 3.8) is 0 Å². The Morgan fingerprint density at radius 3 is 2.51 bits per heavy atom. The number of alkyl halides is 3. The molecule has 3 heterocycles. The van der Waals surface area contributed by atoms with E-state index in [9.17, 15) is 27.9 Å². The standard InChI is InChI=1S/C32H34F3N3O6S/c1-18(21-8-6-7-9-22(21)32(33,34)35)43-25-16-27(45-28(25)29(39)42-5)38-17-36-23-11-10-19(14-24(23)38)44-20-12-13-37(30(40)41)26(15-20)31(2,3)4/h6-11,14,16-18,20,26H,12-13,15H2,1-5H3,(H,40,41)/t18-,20?,26?/m1/s1. The van der Waals surface area contributed by atoms with Gasteiger partial charge in [0.05, 0.1) is 23.7 Å². The van der Waals surface area contributed by atoms with E-state index in [-0.39, 0.29) is 33.8 Å². The number of aromatic nitrogens is 2. The van der Waals surface area contributed by atoms with Gasteiger partial charge in [0.25, 0.3) is 0 Å². The van der Waals surface area contributed by atoms with Crippen molar-refractivity contribution in [2.45, 2.75) is 65.0 Å². The minimum atomic E-state index is -4.57. The van der Waals surface area contributed by atoms with E-state index in [0.29, 0.717) is 41.2 Å². The highest BCUT2D eigenvalue weighted by molar-refractivity contribution is 7.16. The Bertz CT molecular complexity index is 1710. The van der Waals surface area contributed by atoms with Gasteiger partial charge in [0.2, 0.25) is 0 Å². The molecule has 0 saturated carbocycles. The highest BCUT2D eigenvalue weighted by Gasteiger charge is 2.39. The Morgan fingerprint density at radius 1 is 1.11 bits per heavy atom. The van der Waals surface area contributed by atoms with Crippen LogP contribution in [0.25, 0.3) is 16.0 Å². The Balaban J connectivity index is 1.44. The molecule has 0 bridgehead atoms. The molecule has 1 amide bonds. The van der Waals surface area contributed by atoms with Gasteiger partial charge in [-0.05, 0) is 30.5 Å². The van der Waals surface area contributed by atoms with Crippen molar-refractivity contribution in [2.75, 3.05) is 13.7 Å². The molecule has 2 aromatic carbocycles. The SMILES string of the molecule is COC(=O)c1sc(-n2cnc3ccc(OC4CCN(C(=O)O)C(C(C)(C)C)C4)cc32)cc1O[C@H](C)c1ccccc1C(F)(F)F. The second kappa shape index (κ2) is 12.3. The lowest BCUT2D eigenvalue weighted by molar-refractivity contribution is -0.139. The Kier molecular flexibility index (Phi) is 8.76. The zero-order chi connectivity index (χ0) is 32.7. The fourth-order valence-corrected chi connectivity index (χ4v) is 6.68. The van der Waals surface area contributed by atoms with E-state index in [0.717, 1.165) is 17.4 Å². The van der Waals surface area contributed by atoms with Crippen molar-refractivity contribution >= 4 is 34.4 Å². The molecule has 0 radical (unpaired) electrons. The monoisotopic (exact) mass is 645 g/mol. The molecular formula is C32H34F3N3O6S. The van der Waals surface area contributed by atoms with E-state index in [1.165, 1.54) is 37.1 Å². The van der Waals surface area contributed by atoms with Gasteiger partial charge >= 0.3 is 18.2 Å². The number of imidazole rings is 1. The van der Waals surface area contributed by atoms with Gasteiger partial charge in [0.1, 0.15) is 35.0 Å². The number of amides is 1. The van der Waals surface area contributed by atoms with Gasteiger partial charge < -0.3 is 24.2 Å². The molecule has 1 aliphatic rings. The van der Waals surface area contributed by atoms with Crippen LogP contribution in [0, 0.1) is 5.41 Å². The lowest BCUT2D eigenvalue weighted by atomic mass is 9.80. The van der Waals surface area contributed by atoms with E-state index in [4.69, 9.17) is 14.2 Å². The van der Waals surface area contributed by atoms with E-state index in [1.807, 2.05) is 26.8 Å². The number of hydrogen-bond acceptors (Lipinski definition) is 7. The fourth-order valence-electron chi connectivity index (χ4n) is 5.69. The molecule has 45 heavy (non-hydrogen) atoms. The number of thiophene rings is 1. The number of carbonyl (C=O) groups excluding carboxylic acids is 1. The molecule has 2 aromatic heterocycles. The first kappa shape index (κ1) is 32.1. The molecular weight excluding hydrogens is 611 g/mol. The van der Waals surface area contributed by atoms with Gasteiger partial charge in [-0.1, -0.05) is 39.0 Å². The third-order valence-corrected chi connectivity index (χ3v) is 9.02. The molecule has 3 atom stereocenters. The minimum Gasteiger partial charge on any atom is -0.490 e. The van der Waals surface area contributed by atoms with Crippen molar-refractivity contribution in [2.24, 2.45) is 5.41 Å². The second-order valence-corrected chi connectivity index (χ2v) is 13.0. The number of benzene rings is 2. The number of fused-ring (bicyclic) bond motifs is 1. The number of methoxy groups -OCH3 is 1. The molecule has 1 fully saturated rings. The zero-order valence-electron chi connectivity index (χ0n) is 25.4. The van der Waals surface area contributed by atoms with Crippen molar-refractivity contribution in [1.29, 1.82) is 0 Å². The van der Waals surface area contributed by atoms with Gasteiger partial charge in [0, 0.05) is 43.1 Å². The molecule has 0 spiro atoms. The van der Waals surface area contributed by atoms with Crippen LogP contribution >= 0.6 is 11.3 Å². The highest BCUT2D eigenvalue weighted by atomic mass is 32.1. The number of hydrogen-bond donors (Lipinski definition) is 1. The summed E-state index contributed by atoms with van der Waals surface area (Å²) in [5.41, 5.74) is 0.168. The molecule has 13 heteroatoms. The van der Waals surface area contributed by atoms with Crippen LogP contribution in [0.5, 0.6) is 11.5 Å². The first-order valence-electron chi connectivity index (χ1n) is 14.4. The van der Waals surface area contributed by atoms with Crippen molar-refractivity contribution < 1.29 is 42.1 Å². The van der Waals surface area contributed by atoms with Crippen LogP contribution < -0.4 is 9.47 Å². The Hall–Kier alpha value is -4.26. The maximum atomic E-state index is 13.7. The number of likely N-dealkylation sites (tertiary alicyclic amines) is 1. The number of ether oxygens (including phenoxy) is 3. The summed E-state index contributed by atoms with van der Waals surface area (Å²) in [6.07, 6.45) is -4.09. The largest absolute Gasteiger partial charge is 0.490 e. The summed E-state index contributed by atoms with van der Waals surface area (Å²) in [6, 6.07) is 11.9. The van der Waals surface area contributed by atoms with Crippen molar-refractivity contribution in [3.8, 4) is 16.5 Å². The Morgan fingerprint density at radius 2 is 1.84 bits per heavy atom. The lowest BCUT2D eigenvalue weighted by Crippen LogP contribution is -2.53. The average Bonchev–Trinajstić information content (AvgIpc) is 3.59. The van der Waals surface area contributed by atoms with Crippen LogP contribution in [0.15, 0.2) is 54.9 Å². The molecule has 2 unspecified atom stereocenters. The Labute approximate surface area is 262 Å². The van der Waals surface area contributed by atoms with E-state index >= 15 is 0 Å². The van der Waals surface area contributed by atoms with Gasteiger partial charge in [-0.15, -0.1) is 11.3 Å². The van der Waals surface area contributed by atoms with Gasteiger partial charge in [-0.25, -0.2) is 14.6 Å². The predicted molar refractivity (Wildman–Crippen MR) is 162 cm³/mol. The summed E-state index contributed by atoms with van der Waals surface area (Å²) in [5.74, 6) is -0.0321. The van der Waals surface area contributed by atoms with Crippen molar-refractivity contribution in [3.05, 3.63) is 70.9 Å². The second-order valence-electron chi connectivity index (χ2n) is 12.0. The van der Waals surface area contributed by atoms with Crippen LogP contribution in [0.1, 0.15) is 67.4 Å². The molecule has 1 N–H and O–H groups in total. The minimum absolute atomic E-state index is 0.0636. The zero-order valence-corrected chi connectivity index (χ0v) is 26.2. The topological polar surface area (TPSA) is 103 Å². The quantitative estimate of drug-likeness (QED) is 0.203. The van der Waals surface area contributed by atoms with E-state index < -0.39 is 29.9 Å². The molecule has 4 aromatic rings. The lowest BCUT2D eigenvalue weighted by Gasteiger charge is -2.44. The number of halogens is 3. The fraction of sp³-hybridized carbons (Fsp3) is 0.406. The van der Waals surface area contributed by atoms with Crippen LogP contribution in [0.2, 0.25) is 0 Å². The summed E-state index contributed by atoms with van der Waals surface area (Å²) in [5, 5.41) is 10.2. The molecule has 1 aliphatic heterocycles. The number of esters is 1. The van der Waals surface area contributed by atoms with E-state index in [2.05, 4.69) is 4.98 Å². The van der Waals surface area contributed by atoms with Gasteiger partial charge in [-0.2, -0.15) is 13.2 Å². The van der Waals surface area contributed by atoms with Crippen LogP contribution in [-0.2, 0) is 10.9 Å². The molecule has 240 valence electrons. The first-order chi connectivity index (χ1) is 21.2. The number of piperidine rings is 1. The number of nitrogens with zero attached hydrogens (tertiary/aromatic N) is 3. The maximum absolute atomic E-state index is 13.7. The summed E-state index contributed by atoms with van der Waals surface area (Å²) in [4.78, 5) is 30.6. The maximum Gasteiger partial charge on any atom is 0.416 e. The molecule has 9 nitrogen and oxygen atoms in total. The third-order valence-electron chi connectivity index (χ3n) is 7.92. The predicted octanol–water partition coefficient (Wildman–Crippen LogP) is 7.97. The molecule has 1 saturated heterocycles. The summed E-state index contributed by atoms with van der Waals surface area (Å²) < 4.78 is 60.0. The van der Waals surface area contributed by atoms with Crippen LogP contribution in [0.4, 0.5) is 18.0 Å². The van der Waals surface area contributed by atoms with E-state index in [1.54, 1.807) is 29.1 Å². The third kappa shape index (κ3) is 6.73. The number of carbonyl (C=O) groups is 2. The van der Waals surface area contributed by atoms with Gasteiger partial charge in [-0.3, -0.25) is 4.57 Å². The number of rotatable bonds is 7. The van der Waals surface area contributed by atoms with Crippen LogP contribution in [0.3, 0.4) is 0 Å². The summed E-state index contributed by atoms with van der Waals surface area (Å²) in [6.45, 7) is 7.89. The van der Waals surface area contributed by atoms with Crippen LogP contribution in [-0.4, -0.2) is 57.4 Å². The smallest absolute Gasteiger partial charge is 0.416 e. The molecule has 5 rings (SSSR count). The summed E-state index contributed by atoms with van der Waals surface area (Å²) >= 11 is 1.06. The summed E-state index contributed by atoms with van der Waals surface area (Å²) in [7, 11) is 1.22. The normalized spacial score (nSPS) is 18.1. The molecule has 0 aliphatic carbocycles. The average molecular weight is 646 g/mol. The van der Waals surface area contributed by atoms with Crippen molar-refractivity contribution in [1.82, 2.24) is 14.5 Å². The van der Waals surface area contributed by atoms with Gasteiger partial charge in [0.15, 0.2) is 4.88 Å².